The molecule has 9 heteroatoms. The van der Waals surface area contributed by atoms with Crippen LogP contribution in [0.25, 0.3) is 33.4 Å². The minimum atomic E-state index is -2.00. The lowest BCUT2D eigenvalue weighted by Gasteiger charge is -2.37. The number of rotatable bonds is 7. The van der Waals surface area contributed by atoms with E-state index in [0.717, 1.165) is 39.2 Å². The molecular formula is C28H29N3O5S. The van der Waals surface area contributed by atoms with Crippen LogP contribution in [0.3, 0.4) is 0 Å². The molecule has 0 bridgehead atoms. The first-order valence-electron chi connectivity index (χ1n) is 11.9. The number of hydrogen-bond acceptors (Lipinski definition) is 9. The normalized spacial score (nSPS) is 14.5. The van der Waals surface area contributed by atoms with E-state index in [9.17, 15) is 10.2 Å². The zero-order valence-electron chi connectivity index (χ0n) is 21.0. The highest BCUT2D eigenvalue weighted by atomic mass is 32.2. The van der Waals surface area contributed by atoms with Gasteiger partial charge in [0.15, 0.2) is 11.5 Å². The van der Waals surface area contributed by atoms with Crippen LogP contribution in [0.2, 0.25) is 0 Å². The number of nitrogens with zero attached hydrogens (tertiary/aromatic N) is 3. The fraction of sp³-hybridized carbons (Fsp3) is 0.286. The van der Waals surface area contributed by atoms with Gasteiger partial charge in [0.1, 0.15) is 0 Å². The van der Waals surface area contributed by atoms with Gasteiger partial charge in [0.2, 0.25) is 5.75 Å². The molecule has 1 fully saturated rings. The van der Waals surface area contributed by atoms with Gasteiger partial charge < -0.3 is 24.4 Å². The summed E-state index contributed by atoms with van der Waals surface area (Å²) < 4.78 is 16.5. The van der Waals surface area contributed by atoms with Crippen LogP contribution >= 0.6 is 11.8 Å². The number of thioether (sulfide) groups is 1. The van der Waals surface area contributed by atoms with Gasteiger partial charge in [-0.25, -0.2) is 9.88 Å². The van der Waals surface area contributed by atoms with Crippen LogP contribution in [0.5, 0.6) is 17.2 Å². The lowest BCUT2D eigenvalue weighted by molar-refractivity contribution is -0.273. The van der Waals surface area contributed by atoms with E-state index in [-0.39, 0.29) is 0 Å². The minimum absolute atomic E-state index is 0.438. The van der Waals surface area contributed by atoms with Crippen LogP contribution in [-0.2, 0) is 5.91 Å². The van der Waals surface area contributed by atoms with Crippen molar-refractivity contribution in [3.8, 4) is 39.6 Å². The van der Waals surface area contributed by atoms with Crippen molar-refractivity contribution in [1.29, 1.82) is 0 Å². The predicted octanol–water partition coefficient (Wildman–Crippen LogP) is 4.13. The summed E-state index contributed by atoms with van der Waals surface area (Å²) in [5, 5.41) is 21.7. The topological polar surface area (TPSA) is 97.2 Å². The molecule has 4 aromatic rings. The number of hydrogen-bond donors (Lipinski definition) is 2. The summed E-state index contributed by atoms with van der Waals surface area (Å²) in [5.74, 6) is 1.33. The Balaban J connectivity index is 1.54. The van der Waals surface area contributed by atoms with Crippen LogP contribution < -0.4 is 14.2 Å². The maximum atomic E-state index is 10.8. The molecule has 37 heavy (non-hydrogen) atoms. The molecule has 2 heterocycles. The maximum Gasteiger partial charge on any atom is 0.253 e. The Kier molecular flexibility index (Phi) is 7.21. The zero-order valence-corrected chi connectivity index (χ0v) is 21.8. The Morgan fingerprint density at radius 1 is 0.865 bits per heavy atom. The number of fused-ring (bicyclic) bond motifs is 1. The zero-order chi connectivity index (χ0) is 26.0. The number of methoxy groups -OCH3 is 3. The van der Waals surface area contributed by atoms with Gasteiger partial charge in [-0.1, -0.05) is 36.4 Å². The van der Waals surface area contributed by atoms with E-state index < -0.39 is 5.91 Å². The van der Waals surface area contributed by atoms with E-state index in [4.69, 9.17) is 19.2 Å². The quantitative estimate of drug-likeness (QED) is 0.349. The molecule has 1 saturated heterocycles. The van der Waals surface area contributed by atoms with Crippen molar-refractivity contribution in [2.24, 2.45) is 0 Å². The molecule has 0 aliphatic carbocycles. The highest BCUT2D eigenvalue weighted by molar-refractivity contribution is 7.99. The van der Waals surface area contributed by atoms with Crippen molar-refractivity contribution >= 4 is 22.8 Å². The smallest absolute Gasteiger partial charge is 0.253 e. The molecule has 0 spiro atoms. The fourth-order valence-electron chi connectivity index (χ4n) is 4.57. The SMILES string of the molecule is COc1cc(-c2cnc3cccc(-c4ccc(C(O)(O)N5CCSCC5)cc4)c3n2)cc(OC)c1OC. The van der Waals surface area contributed by atoms with Crippen LogP contribution in [0.4, 0.5) is 0 Å². The van der Waals surface area contributed by atoms with E-state index in [1.165, 1.54) is 0 Å². The summed E-state index contributed by atoms with van der Waals surface area (Å²) in [4.78, 5) is 11.3. The Morgan fingerprint density at radius 3 is 2.16 bits per heavy atom. The van der Waals surface area contributed by atoms with Crippen LogP contribution in [0.15, 0.2) is 60.8 Å². The largest absolute Gasteiger partial charge is 0.493 e. The molecule has 0 radical (unpaired) electrons. The average Bonchev–Trinajstić information content (AvgIpc) is 2.96. The summed E-state index contributed by atoms with van der Waals surface area (Å²) in [6.07, 6.45) is 1.72. The van der Waals surface area contributed by atoms with Gasteiger partial charge in [-0.2, -0.15) is 11.8 Å². The molecule has 5 rings (SSSR count). The lowest BCUT2D eigenvalue weighted by atomic mass is 10.0. The van der Waals surface area contributed by atoms with Crippen molar-refractivity contribution in [3.63, 3.8) is 0 Å². The molecule has 0 unspecified atom stereocenters. The Hall–Kier alpha value is -3.37. The molecule has 1 aliphatic rings. The van der Waals surface area contributed by atoms with Gasteiger partial charge in [-0.15, -0.1) is 0 Å². The third-order valence-corrected chi connectivity index (χ3v) is 7.51. The summed E-state index contributed by atoms with van der Waals surface area (Å²) in [5.41, 5.74) is 5.14. The average molecular weight is 520 g/mol. The molecule has 1 aromatic heterocycles. The van der Waals surface area contributed by atoms with E-state index in [2.05, 4.69) is 4.98 Å². The summed E-state index contributed by atoms with van der Waals surface area (Å²) in [7, 11) is 4.72. The molecule has 1 aliphatic heterocycles. The number of para-hydroxylation sites is 1. The maximum absolute atomic E-state index is 10.8. The number of aromatic nitrogens is 2. The monoisotopic (exact) mass is 519 g/mol. The summed E-state index contributed by atoms with van der Waals surface area (Å²) in [6, 6.07) is 16.8. The first kappa shape index (κ1) is 25.3. The highest BCUT2D eigenvalue weighted by Gasteiger charge is 2.34. The molecule has 192 valence electrons. The van der Waals surface area contributed by atoms with Gasteiger partial charge in [-0.3, -0.25) is 4.98 Å². The Bertz CT molecular complexity index is 1380. The van der Waals surface area contributed by atoms with Crippen molar-refractivity contribution in [2.45, 2.75) is 5.91 Å². The fourth-order valence-corrected chi connectivity index (χ4v) is 5.47. The van der Waals surface area contributed by atoms with Crippen molar-refractivity contribution in [1.82, 2.24) is 14.9 Å². The van der Waals surface area contributed by atoms with E-state index in [1.807, 2.05) is 54.2 Å². The molecule has 2 N–H and O–H groups in total. The second kappa shape index (κ2) is 10.5. The molecule has 8 nitrogen and oxygen atoms in total. The lowest BCUT2D eigenvalue weighted by Crippen LogP contribution is -2.49. The molecule has 0 atom stereocenters. The van der Waals surface area contributed by atoms with Crippen molar-refractivity contribution in [2.75, 3.05) is 45.9 Å². The van der Waals surface area contributed by atoms with E-state index in [1.54, 1.807) is 44.6 Å². The van der Waals surface area contributed by atoms with Gasteiger partial charge in [0.25, 0.3) is 5.91 Å². The summed E-state index contributed by atoms with van der Waals surface area (Å²) >= 11 is 1.82. The number of ether oxygens (including phenoxy) is 3. The molecule has 0 amide bonds. The predicted molar refractivity (Wildman–Crippen MR) is 145 cm³/mol. The molecule has 0 saturated carbocycles. The van der Waals surface area contributed by atoms with Gasteiger partial charge >= 0.3 is 0 Å². The van der Waals surface area contributed by atoms with Crippen molar-refractivity contribution < 1.29 is 24.4 Å². The standard InChI is InChI=1S/C28H29N3O5S/c1-34-24-15-19(16-25(35-2)27(24)36-3)23-17-29-22-6-4-5-21(26(22)30-23)18-7-9-20(10-8-18)28(32,33)31-11-13-37-14-12-31/h4-10,15-17,32-33H,11-14H2,1-3H3. The highest BCUT2D eigenvalue weighted by Crippen LogP contribution is 2.41. The number of benzene rings is 3. The number of aliphatic hydroxyl groups is 2. The van der Waals surface area contributed by atoms with Crippen LogP contribution in [0.1, 0.15) is 5.56 Å². The van der Waals surface area contributed by atoms with Crippen LogP contribution in [-0.4, -0.2) is 71.0 Å². The first-order chi connectivity index (χ1) is 18.0. The molecule has 3 aromatic carbocycles. The minimum Gasteiger partial charge on any atom is -0.493 e. The second-order valence-electron chi connectivity index (χ2n) is 8.65. The Labute approximate surface area is 219 Å². The third kappa shape index (κ3) is 4.83. The van der Waals surface area contributed by atoms with Gasteiger partial charge in [0.05, 0.1) is 44.3 Å². The van der Waals surface area contributed by atoms with E-state index in [0.29, 0.717) is 41.6 Å². The van der Waals surface area contributed by atoms with Crippen LogP contribution in [0, 0.1) is 0 Å². The summed E-state index contributed by atoms with van der Waals surface area (Å²) in [6.45, 7) is 1.25. The van der Waals surface area contributed by atoms with Gasteiger partial charge in [0, 0.05) is 41.3 Å². The van der Waals surface area contributed by atoms with Gasteiger partial charge in [-0.05, 0) is 23.8 Å². The third-order valence-electron chi connectivity index (χ3n) is 6.57. The van der Waals surface area contributed by atoms with Crippen molar-refractivity contribution in [3.05, 3.63) is 66.4 Å². The first-order valence-corrected chi connectivity index (χ1v) is 13.1. The van der Waals surface area contributed by atoms with E-state index >= 15 is 0 Å². The second-order valence-corrected chi connectivity index (χ2v) is 9.88. The Morgan fingerprint density at radius 2 is 1.54 bits per heavy atom. The molecular weight excluding hydrogens is 490 g/mol.